The van der Waals surface area contributed by atoms with Gasteiger partial charge in [0.25, 0.3) is 5.56 Å². The molecular formula is C21H28N5O3+. The maximum absolute atomic E-state index is 13.3. The minimum atomic E-state index is -0.337. The predicted molar refractivity (Wildman–Crippen MR) is 112 cm³/mol. The van der Waals surface area contributed by atoms with Gasteiger partial charge in [0.15, 0.2) is 0 Å². The van der Waals surface area contributed by atoms with Gasteiger partial charge in [-0.25, -0.2) is 19.2 Å². The van der Waals surface area contributed by atoms with Crippen molar-refractivity contribution in [2.75, 3.05) is 24.7 Å². The average Bonchev–Trinajstić information content (AvgIpc) is 3.08. The minimum Gasteiger partial charge on any atom is -0.380 e. The van der Waals surface area contributed by atoms with Gasteiger partial charge >= 0.3 is 11.6 Å². The zero-order chi connectivity index (χ0) is 20.7. The summed E-state index contributed by atoms with van der Waals surface area (Å²) in [5, 5.41) is 0. The fraction of sp³-hybridized carbons (Fsp3) is 0.476. The Kier molecular flexibility index (Phi) is 5.04. The summed E-state index contributed by atoms with van der Waals surface area (Å²) in [6.45, 7) is 8.81. The number of ether oxygens (including phenoxy) is 1. The molecule has 3 heterocycles. The van der Waals surface area contributed by atoms with Crippen LogP contribution < -0.4 is 20.7 Å². The number of rotatable bonds is 5. The van der Waals surface area contributed by atoms with Crippen molar-refractivity contribution in [2.45, 2.75) is 33.9 Å². The lowest BCUT2D eigenvalue weighted by Crippen LogP contribution is -2.52. The number of nitrogens with zero attached hydrogens (tertiary/aromatic N) is 4. The van der Waals surface area contributed by atoms with Crippen LogP contribution in [0.25, 0.3) is 11.2 Å². The lowest BCUT2D eigenvalue weighted by atomic mass is 10.1. The second kappa shape index (κ2) is 7.51. The first-order valence-electron chi connectivity index (χ1n) is 10.1. The lowest BCUT2D eigenvalue weighted by molar-refractivity contribution is -0.669. The number of fused-ring (bicyclic) bond motifs is 3. The third-order valence-corrected chi connectivity index (χ3v) is 5.50. The standard InChI is InChI=1S/C21H27N5O3/c1-5-29-10-9-24-19(27)17-18(23(4)21(24)28)22-20-25(12-15(3)13-26(17)20)16-8-6-7-14(2)11-16/h6-8,11,15H,5,9-10,12-13H2,1-4H3/p+1/t15-/m0/s1. The van der Waals surface area contributed by atoms with E-state index in [1.165, 1.54) is 14.7 Å². The van der Waals surface area contributed by atoms with Gasteiger partial charge in [0.05, 0.1) is 26.2 Å². The summed E-state index contributed by atoms with van der Waals surface area (Å²) in [5.74, 6) is 1.18. The third-order valence-electron chi connectivity index (χ3n) is 5.50. The van der Waals surface area contributed by atoms with Gasteiger partial charge in [0, 0.05) is 19.6 Å². The fourth-order valence-corrected chi connectivity index (χ4v) is 4.10. The summed E-state index contributed by atoms with van der Waals surface area (Å²) in [7, 11) is 1.70. The maximum atomic E-state index is 13.3. The van der Waals surface area contributed by atoms with Crippen molar-refractivity contribution < 1.29 is 9.30 Å². The van der Waals surface area contributed by atoms with Crippen LogP contribution >= 0.6 is 0 Å². The Morgan fingerprint density at radius 3 is 2.83 bits per heavy atom. The lowest BCUT2D eigenvalue weighted by Gasteiger charge is -2.26. The molecule has 8 heteroatoms. The Labute approximate surface area is 169 Å². The molecule has 0 saturated carbocycles. The van der Waals surface area contributed by atoms with Gasteiger partial charge in [-0.05, 0) is 31.5 Å². The van der Waals surface area contributed by atoms with E-state index in [2.05, 4.69) is 41.9 Å². The molecule has 1 N–H and O–H groups in total. The molecule has 0 spiro atoms. The summed E-state index contributed by atoms with van der Waals surface area (Å²) < 4.78 is 10.2. The third kappa shape index (κ3) is 3.27. The molecule has 29 heavy (non-hydrogen) atoms. The van der Waals surface area contributed by atoms with E-state index in [1.54, 1.807) is 7.05 Å². The first kappa shape index (κ1) is 19.4. The molecule has 0 aliphatic carbocycles. The number of hydrogen-bond acceptors (Lipinski definition) is 4. The number of benzene rings is 1. The highest BCUT2D eigenvalue weighted by Crippen LogP contribution is 2.28. The van der Waals surface area contributed by atoms with Gasteiger partial charge in [0.1, 0.15) is 5.69 Å². The van der Waals surface area contributed by atoms with E-state index < -0.39 is 0 Å². The molecule has 154 valence electrons. The molecule has 8 nitrogen and oxygen atoms in total. The van der Waals surface area contributed by atoms with Crippen LogP contribution in [0, 0.1) is 12.8 Å². The van der Waals surface area contributed by atoms with Crippen LogP contribution in [0.5, 0.6) is 0 Å². The van der Waals surface area contributed by atoms with E-state index >= 15 is 0 Å². The number of anilines is 2. The van der Waals surface area contributed by atoms with Crippen LogP contribution in [0.3, 0.4) is 0 Å². The van der Waals surface area contributed by atoms with Crippen LogP contribution in [0.2, 0.25) is 0 Å². The van der Waals surface area contributed by atoms with E-state index in [4.69, 9.17) is 4.74 Å². The highest BCUT2D eigenvalue weighted by atomic mass is 16.5. The second-order valence-electron chi connectivity index (χ2n) is 7.81. The summed E-state index contributed by atoms with van der Waals surface area (Å²) in [6, 6.07) is 8.30. The summed E-state index contributed by atoms with van der Waals surface area (Å²) in [4.78, 5) is 31.6. The predicted octanol–water partition coefficient (Wildman–Crippen LogP) is 1.45. The van der Waals surface area contributed by atoms with Crippen molar-refractivity contribution in [1.29, 1.82) is 0 Å². The van der Waals surface area contributed by atoms with Crippen molar-refractivity contribution in [3.05, 3.63) is 50.7 Å². The van der Waals surface area contributed by atoms with Crippen LogP contribution in [0.4, 0.5) is 11.6 Å². The fourth-order valence-electron chi connectivity index (χ4n) is 4.10. The van der Waals surface area contributed by atoms with Crippen LogP contribution in [0.15, 0.2) is 33.9 Å². The van der Waals surface area contributed by atoms with E-state index in [0.717, 1.165) is 24.7 Å². The maximum Gasteiger partial charge on any atom is 0.364 e. The Balaban J connectivity index is 1.93. The van der Waals surface area contributed by atoms with Gasteiger partial charge in [-0.1, -0.05) is 19.1 Å². The van der Waals surface area contributed by atoms with Gasteiger partial charge in [-0.2, -0.15) is 0 Å². The van der Waals surface area contributed by atoms with Crippen molar-refractivity contribution in [2.24, 2.45) is 13.0 Å². The quantitative estimate of drug-likeness (QED) is 0.521. The Morgan fingerprint density at radius 2 is 2.10 bits per heavy atom. The number of aryl methyl sites for hydroxylation is 2. The van der Waals surface area contributed by atoms with Crippen LogP contribution in [-0.4, -0.2) is 33.9 Å². The molecule has 0 radical (unpaired) electrons. The molecule has 1 aliphatic rings. The Bertz CT molecular complexity index is 1170. The van der Waals surface area contributed by atoms with Gasteiger partial charge in [-0.3, -0.25) is 13.9 Å². The molecule has 0 fully saturated rings. The van der Waals surface area contributed by atoms with Gasteiger partial charge < -0.3 is 4.74 Å². The molecular weight excluding hydrogens is 370 g/mol. The molecule has 1 aromatic carbocycles. The van der Waals surface area contributed by atoms with Gasteiger partial charge in [0.2, 0.25) is 11.2 Å². The van der Waals surface area contributed by atoms with Crippen LogP contribution in [0.1, 0.15) is 19.4 Å². The van der Waals surface area contributed by atoms with E-state index in [9.17, 15) is 9.59 Å². The highest BCUT2D eigenvalue weighted by Gasteiger charge is 2.35. The number of H-pyrrole nitrogens is 1. The first-order valence-corrected chi connectivity index (χ1v) is 10.1. The summed E-state index contributed by atoms with van der Waals surface area (Å²) in [6.07, 6.45) is 0. The highest BCUT2D eigenvalue weighted by molar-refractivity contribution is 5.70. The second-order valence-corrected chi connectivity index (χ2v) is 7.81. The first-order chi connectivity index (χ1) is 13.9. The Hall–Kier alpha value is -2.87. The largest absolute Gasteiger partial charge is 0.380 e. The van der Waals surface area contributed by atoms with Crippen LogP contribution in [-0.2, 0) is 24.9 Å². The molecule has 3 aromatic rings. The molecule has 0 unspecified atom stereocenters. The number of aromatic amines is 1. The average molecular weight is 398 g/mol. The van der Waals surface area contributed by atoms with E-state index in [0.29, 0.717) is 30.3 Å². The minimum absolute atomic E-state index is 0.243. The number of hydrogen-bond donors (Lipinski definition) is 1. The molecule has 1 aliphatic heterocycles. The summed E-state index contributed by atoms with van der Waals surface area (Å²) >= 11 is 0. The molecule has 0 amide bonds. The smallest absolute Gasteiger partial charge is 0.364 e. The molecule has 2 aromatic heterocycles. The summed E-state index contributed by atoms with van der Waals surface area (Å²) in [5.41, 5.74) is 2.71. The molecule has 0 saturated heterocycles. The zero-order valence-corrected chi connectivity index (χ0v) is 17.4. The number of aromatic nitrogens is 4. The van der Waals surface area contributed by atoms with E-state index in [1.807, 2.05) is 17.6 Å². The normalized spacial score (nSPS) is 16.4. The number of nitrogens with one attached hydrogen (secondary N) is 1. The molecule has 1 atom stereocenters. The SMILES string of the molecule is CCOCCn1c(=O)c2c([nH]c3[n+]2C[C@@H](C)CN3c2cccc(C)c2)n(C)c1=O. The van der Waals surface area contributed by atoms with E-state index in [-0.39, 0.29) is 17.8 Å². The molecule has 0 bridgehead atoms. The topological polar surface area (TPSA) is 76.1 Å². The zero-order valence-electron chi connectivity index (χ0n) is 17.4. The van der Waals surface area contributed by atoms with Gasteiger partial charge in [-0.15, -0.1) is 0 Å². The monoisotopic (exact) mass is 398 g/mol. The van der Waals surface area contributed by atoms with Crippen molar-refractivity contribution in [3.63, 3.8) is 0 Å². The van der Waals surface area contributed by atoms with Crippen molar-refractivity contribution in [3.8, 4) is 0 Å². The Morgan fingerprint density at radius 1 is 1.31 bits per heavy atom. The number of imidazole rings is 1. The van der Waals surface area contributed by atoms with Crippen molar-refractivity contribution >= 4 is 22.8 Å². The van der Waals surface area contributed by atoms with Crippen molar-refractivity contribution in [1.82, 2.24) is 14.1 Å². The molecule has 4 rings (SSSR count).